The number of hydrogen-bond donors (Lipinski definition) is 1. The van der Waals surface area contributed by atoms with Gasteiger partial charge in [-0.15, -0.1) is 5.10 Å². The number of benzene rings is 2. The van der Waals surface area contributed by atoms with Crippen LogP contribution in [0.1, 0.15) is 64.6 Å². The van der Waals surface area contributed by atoms with Gasteiger partial charge in [0.05, 0.1) is 11.4 Å². The van der Waals surface area contributed by atoms with Gasteiger partial charge in [0, 0.05) is 32.0 Å². The molecule has 7 heteroatoms. The molecule has 178 valence electrons. The molecular weight excluding hydrogens is 426 g/mol. The van der Waals surface area contributed by atoms with Gasteiger partial charge in [-0.25, -0.2) is 4.68 Å². The third kappa shape index (κ3) is 4.88. The molecule has 2 aromatic carbocycles. The molecule has 7 nitrogen and oxygen atoms in total. The maximum Gasteiger partial charge on any atom is 0.273 e. The van der Waals surface area contributed by atoms with Gasteiger partial charge in [-0.1, -0.05) is 55.5 Å². The standard InChI is InChI=1S/C27H33N5O2/c1-17(2)23-11-9-21(10-12-23)15-31-16-22(13-25(31)33)14-28-27(34)26-20(5)32(30-29-26)24-8-6-7-18(3)19(24)4/h6-12,17,22H,13-16H2,1-5H3,(H,28,34). The van der Waals surface area contributed by atoms with Crippen LogP contribution in [0.25, 0.3) is 5.69 Å². The van der Waals surface area contributed by atoms with E-state index >= 15 is 0 Å². The summed E-state index contributed by atoms with van der Waals surface area (Å²) in [6, 6.07) is 14.4. The van der Waals surface area contributed by atoms with Crippen LogP contribution >= 0.6 is 0 Å². The Kier molecular flexibility index (Phi) is 6.82. The lowest BCUT2D eigenvalue weighted by molar-refractivity contribution is -0.128. The summed E-state index contributed by atoms with van der Waals surface area (Å²) in [7, 11) is 0. The number of nitrogens with one attached hydrogen (secondary N) is 1. The average molecular weight is 460 g/mol. The second kappa shape index (κ2) is 9.79. The predicted molar refractivity (Wildman–Crippen MR) is 132 cm³/mol. The number of amides is 2. The molecule has 34 heavy (non-hydrogen) atoms. The van der Waals surface area contributed by atoms with E-state index in [1.54, 1.807) is 4.68 Å². The summed E-state index contributed by atoms with van der Waals surface area (Å²) >= 11 is 0. The van der Waals surface area contributed by atoms with Crippen molar-refractivity contribution in [2.75, 3.05) is 13.1 Å². The molecule has 3 aromatic rings. The molecular formula is C27H33N5O2. The normalized spacial score (nSPS) is 15.9. The molecule has 1 aromatic heterocycles. The molecule has 1 fully saturated rings. The molecule has 1 N–H and O–H groups in total. The first-order valence-electron chi connectivity index (χ1n) is 11.9. The van der Waals surface area contributed by atoms with Crippen LogP contribution in [0.3, 0.4) is 0 Å². The zero-order chi connectivity index (χ0) is 24.4. The predicted octanol–water partition coefficient (Wildman–Crippen LogP) is 4.09. The Morgan fingerprint density at radius 2 is 1.85 bits per heavy atom. The summed E-state index contributed by atoms with van der Waals surface area (Å²) in [6.07, 6.45) is 0.443. The Morgan fingerprint density at radius 1 is 1.12 bits per heavy atom. The van der Waals surface area contributed by atoms with E-state index in [1.165, 1.54) is 5.56 Å². The minimum absolute atomic E-state index is 0.0840. The van der Waals surface area contributed by atoms with Gasteiger partial charge in [0.2, 0.25) is 5.91 Å². The van der Waals surface area contributed by atoms with E-state index in [2.05, 4.69) is 53.7 Å². The molecule has 0 saturated carbocycles. The number of likely N-dealkylation sites (tertiary alicyclic amines) is 1. The highest BCUT2D eigenvalue weighted by Gasteiger charge is 2.30. The van der Waals surface area contributed by atoms with Crippen molar-refractivity contribution in [3.05, 3.63) is 76.1 Å². The monoisotopic (exact) mass is 459 g/mol. The van der Waals surface area contributed by atoms with Gasteiger partial charge in [-0.3, -0.25) is 9.59 Å². The molecule has 2 amide bonds. The highest BCUT2D eigenvalue weighted by molar-refractivity contribution is 5.93. The van der Waals surface area contributed by atoms with Crippen LogP contribution in [0.15, 0.2) is 42.5 Å². The van der Waals surface area contributed by atoms with Crippen molar-refractivity contribution in [1.29, 1.82) is 0 Å². The van der Waals surface area contributed by atoms with E-state index in [9.17, 15) is 9.59 Å². The Labute approximate surface area is 201 Å². The second-order valence-electron chi connectivity index (χ2n) is 9.61. The van der Waals surface area contributed by atoms with Gasteiger partial charge in [-0.05, 0) is 55.0 Å². The molecule has 1 saturated heterocycles. The number of nitrogens with zero attached hydrogens (tertiary/aromatic N) is 4. The van der Waals surface area contributed by atoms with Gasteiger partial charge in [0.1, 0.15) is 0 Å². The summed E-state index contributed by atoms with van der Waals surface area (Å²) in [6.45, 7) is 11.9. The molecule has 1 aliphatic heterocycles. The summed E-state index contributed by atoms with van der Waals surface area (Å²) in [5, 5.41) is 11.3. The molecule has 1 atom stereocenters. The molecule has 1 unspecified atom stereocenters. The van der Waals surface area contributed by atoms with Crippen molar-refractivity contribution in [1.82, 2.24) is 25.2 Å². The quantitative estimate of drug-likeness (QED) is 0.577. The highest BCUT2D eigenvalue weighted by Crippen LogP contribution is 2.22. The van der Waals surface area contributed by atoms with Crippen LogP contribution in [0.5, 0.6) is 0 Å². The lowest BCUT2D eigenvalue weighted by atomic mass is 10.0. The first kappa shape index (κ1) is 23.7. The maximum absolute atomic E-state index is 12.8. The zero-order valence-electron chi connectivity index (χ0n) is 20.6. The molecule has 0 radical (unpaired) electrons. The van der Waals surface area contributed by atoms with Crippen LogP contribution in [-0.2, 0) is 11.3 Å². The average Bonchev–Trinajstić information content (AvgIpc) is 3.36. The fraction of sp³-hybridized carbons (Fsp3) is 0.407. The van der Waals surface area contributed by atoms with Crippen molar-refractivity contribution in [3.8, 4) is 5.69 Å². The van der Waals surface area contributed by atoms with E-state index < -0.39 is 0 Å². The van der Waals surface area contributed by atoms with Gasteiger partial charge in [0.25, 0.3) is 5.91 Å². The molecule has 0 aliphatic carbocycles. The fourth-order valence-electron chi connectivity index (χ4n) is 4.43. The first-order valence-corrected chi connectivity index (χ1v) is 11.9. The van der Waals surface area contributed by atoms with Crippen molar-refractivity contribution in [3.63, 3.8) is 0 Å². The Bertz CT molecular complexity index is 1200. The van der Waals surface area contributed by atoms with Crippen molar-refractivity contribution in [2.45, 2.75) is 53.5 Å². The Hall–Kier alpha value is -3.48. The number of carbonyl (C=O) groups excluding carboxylic acids is 2. The van der Waals surface area contributed by atoms with E-state index in [4.69, 9.17) is 0 Å². The van der Waals surface area contributed by atoms with E-state index in [1.807, 2.05) is 43.9 Å². The SMILES string of the molecule is Cc1cccc(-n2nnc(C(=O)NCC3CC(=O)N(Cc4ccc(C(C)C)cc4)C3)c2C)c1C. The maximum atomic E-state index is 12.8. The third-order valence-electron chi connectivity index (χ3n) is 6.78. The largest absolute Gasteiger partial charge is 0.350 e. The van der Waals surface area contributed by atoms with Crippen molar-refractivity contribution >= 4 is 11.8 Å². The summed E-state index contributed by atoms with van der Waals surface area (Å²) in [4.78, 5) is 27.3. The molecule has 2 heterocycles. The minimum Gasteiger partial charge on any atom is -0.350 e. The lowest BCUT2D eigenvalue weighted by Crippen LogP contribution is -2.31. The molecule has 4 rings (SSSR count). The highest BCUT2D eigenvalue weighted by atomic mass is 16.2. The van der Waals surface area contributed by atoms with Crippen LogP contribution in [0.4, 0.5) is 0 Å². The fourth-order valence-corrected chi connectivity index (χ4v) is 4.43. The van der Waals surface area contributed by atoms with Gasteiger partial charge in [0.15, 0.2) is 5.69 Å². The van der Waals surface area contributed by atoms with E-state index in [0.29, 0.717) is 43.4 Å². The first-order chi connectivity index (χ1) is 16.2. The van der Waals surface area contributed by atoms with Crippen molar-refractivity contribution < 1.29 is 9.59 Å². The number of aromatic nitrogens is 3. The number of hydrogen-bond acceptors (Lipinski definition) is 4. The van der Waals surface area contributed by atoms with Crippen LogP contribution in [-0.4, -0.2) is 44.8 Å². The molecule has 0 spiro atoms. The topological polar surface area (TPSA) is 80.1 Å². The summed E-state index contributed by atoms with van der Waals surface area (Å²) in [5.41, 5.74) is 6.61. The van der Waals surface area contributed by atoms with Gasteiger partial charge in [-0.2, -0.15) is 0 Å². The Balaban J connectivity index is 1.35. The van der Waals surface area contributed by atoms with Crippen molar-refractivity contribution in [2.24, 2.45) is 5.92 Å². The Morgan fingerprint density at radius 3 is 2.56 bits per heavy atom. The molecule has 1 aliphatic rings. The minimum atomic E-state index is -0.260. The lowest BCUT2D eigenvalue weighted by Gasteiger charge is -2.17. The summed E-state index contributed by atoms with van der Waals surface area (Å²) in [5.74, 6) is 0.441. The summed E-state index contributed by atoms with van der Waals surface area (Å²) < 4.78 is 1.71. The van der Waals surface area contributed by atoms with E-state index in [0.717, 1.165) is 22.4 Å². The number of rotatable bonds is 7. The van der Waals surface area contributed by atoms with Gasteiger partial charge >= 0.3 is 0 Å². The van der Waals surface area contributed by atoms with Gasteiger partial charge < -0.3 is 10.2 Å². The third-order valence-corrected chi connectivity index (χ3v) is 6.78. The van der Waals surface area contributed by atoms with E-state index in [-0.39, 0.29) is 17.7 Å². The zero-order valence-corrected chi connectivity index (χ0v) is 20.6. The number of aryl methyl sites for hydroxylation is 1. The van der Waals surface area contributed by atoms with Crippen LogP contribution in [0, 0.1) is 26.7 Å². The smallest absolute Gasteiger partial charge is 0.273 e. The molecule has 0 bridgehead atoms. The van der Waals surface area contributed by atoms with Crippen LogP contribution in [0.2, 0.25) is 0 Å². The number of carbonyl (C=O) groups is 2. The van der Waals surface area contributed by atoms with Crippen LogP contribution < -0.4 is 5.32 Å². The second-order valence-corrected chi connectivity index (χ2v) is 9.61.